The molecule has 0 spiro atoms. The Morgan fingerprint density at radius 1 is 1.48 bits per heavy atom. The van der Waals surface area contributed by atoms with Crippen molar-refractivity contribution in [1.82, 2.24) is 4.90 Å². The highest BCUT2D eigenvalue weighted by Gasteiger charge is 2.31. The summed E-state index contributed by atoms with van der Waals surface area (Å²) in [5, 5.41) is 13.2. The SMILES string of the molecule is COc1cc(C)ccc1NC(=O)N1CCCC1CC(O)c1ccco1. The topological polar surface area (TPSA) is 74.9 Å². The quantitative estimate of drug-likeness (QED) is 0.867. The molecule has 2 heterocycles. The zero-order chi connectivity index (χ0) is 17.8. The Bertz CT molecular complexity index is 714. The smallest absolute Gasteiger partial charge is 0.322 e. The second-order valence-electron chi connectivity index (χ2n) is 6.39. The third kappa shape index (κ3) is 3.96. The molecule has 6 nitrogen and oxygen atoms in total. The molecule has 2 N–H and O–H groups in total. The molecule has 1 fully saturated rings. The van der Waals surface area contributed by atoms with Crippen LogP contribution in [0.15, 0.2) is 41.0 Å². The van der Waals surface area contributed by atoms with Crippen molar-refractivity contribution < 1.29 is 19.1 Å². The van der Waals surface area contributed by atoms with E-state index in [1.165, 1.54) is 0 Å². The summed E-state index contributed by atoms with van der Waals surface area (Å²) in [7, 11) is 1.59. The summed E-state index contributed by atoms with van der Waals surface area (Å²) in [4.78, 5) is 14.5. The van der Waals surface area contributed by atoms with E-state index in [4.69, 9.17) is 9.15 Å². The second-order valence-corrected chi connectivity index (χ2v) is 6.39. The maximum Gasteiger partial charge on any atom is 0.322 e. The number of nitrogens with one attached hydrogen (secondary N) is 1. The van der Waals surface area contributed by atoms with Crippen LogP contribution < -0.4 is 10.1 Å². The van der Waals surface area contributed by atoms with Gasteiger partial charge in [-0.1, -0.05) is 6.07 Å². The van der Waals surface area contributed by atoms with Crippen molar-refractivity contribution in [3.05, 3.63) is 47.9 Å². The Kier molecular flexibility index (Phi) is 5.28. The predicted octanol–water partition coefficient (Wildman–Crippen LogP) is 3.72. The Morgan fingerprint density at radius 3 is 3.04 bits per heavy atom. The molecule has 0 bridgehead atoms. The zero-order valence-electron chi connectivity index (χ0n) is 14.6. The van der Waals surface area contributed by atoms with E-state index in [9.17, 15) is 9.90 Å². The van der Waals surface area contributed by atoms with Gasteiger partial charge >= 0.3 is 6.03 Å². The van der Waals surface area contributed by atoms with Gasteiger partial charge in [-0.05, 0) is 49.6 Å². The number of aliphatic hydroxyl groups excluding tert-OH is 1. The van der Waals surface area contributed by atoms with Crippen molar-refractivity contribution in [2.45, 2.75) is 38.3 Å². The van der Waals surface area contributed by atoms with E-state index in [0.717, 1.165) is 18.4 Å². The van der Waals surface area contributed by atoms with Crippen molar-refractivity contribution in [2.24, 2.45) is 0 Å². The van der Waals surface area contributed by atoms with Crippen LogP contribution in [0.4, 0.5) is 10.5 Å². The highest BCUT2D eigenvalue weighted by molar-refractivity contribution is 5.91. The third-order valence-corrected chi connectivity index (χ3v) is 4.60. The number of likely N-dealkylation sites (tertiary alicyclic amines) is 1. The fourth-order valence-corrected chi connectivity index (χ4v) is 3.29. The monoisotopic (exact) mass is 344 g/mol. The van der Waals surface area contributed by atoms with E-state index in [1.807, 2.05) is 25.1 Å². The average Bonchev–Trinajstić information content (AvgIpc) is 3.27. The van der Waals surface area contributed by atoms with E-state index in [-0.39, 0.29) is 12.1 Å². The number of amides is 2. The number of carbonyl (C=O) groups excluding carboxylic acids is 1. The van der Waals surface area contributed by atoms with Crippen LogP contribution in [0.2, 0.25) is 0 Å². The first-order valence-electron chi connectivity index (χ1n) is 8.52. The molecule has 1 aliphatic rings. The number of anilines is 1. The summed E-state index contributed by atoms with van der Waals surface area (Å²) in [6.45, 7) is 2.65. The fourth-order valence-electron chi connectivity index (χ4n) is 3.29. The number of hydrogen-bond acceptors (Lipinski definition) is 4. The molecule has 1 aliphatic heterocycles. The normalized spacial score (nSPS) is 18.2. The van der Waals surface area contributed by atoms with Gasteiger partial charge in [0.2, 0.25) is 0 Å². The maximum absolute atomic E-state index is 12.7. The number of nitrogens with zero attached hydrogens (tertiary/aromatic N) is 1. The Balaban J connectivity index is 1.66. The molecule has 1 aromatic heterocycles. The molecule has 6 heteroatoms. The van der Waals surface area contributed by atoms with E-state index in [1.54, 1.807) is 30.4 Å². The summed E-state index contributed by atoms with van der Waals surface area (Å²) in [6.07, 6.45) is 3.10. The summed E-state index contributed by atoms with van der Waals surface area (Å²) >= 11 is 0. The molecular formula is C19H24N2O4. The van der Waals surface area contributed by atoms with Crippen LogP contribution in [0.1, 0.15) is 36.7 Å². The molecule has 2 atom stereocenters. The molecule has 2 aromatic rings. The molecule has 1 aromatic carbocycles. The van der Waals surface area contributed by atoms with Crippen molar-refractivity contribution in [2.75, 3.05) is 19.0 Å². The van der Waals surface area contributed by atoms with E-state index < -0.39 is 6.10 Å². The van der Waals surface area contributed by atoms with Gasteiger partial charge in [0.05, 0.1) is 19.1 Å². The van der Waals surface area contributed by atoms with Crippen LogP contribution in [0, 0.1) is 6.92 Å². The number of aryl methyl sites for hydroxylation is 1. The van der Waals surface area contributed by atoms with Gasteiger partial charge in [0.15, 0.2) is 0 Å². The molecule has 0 aliphatic carbocycles. The van der Waals surface area contributed by atoms with Gasteiger partial charge in [-0.25, -0.2) is 4.79 Å². The van der Waals surface area contributed by atoms with Crippen LogP contribution >= 0.6 is 0 Å². The predicted molar refractivity (Wildman–Crippen MR) is 94.8 cm³/mol. The van der Waals surface area contributed by atoms with E-state index in [0.29, 0.717) is 30.2 Å². The molecule has 3 rings (SSSR count). The van der Waals surface area contributed by atoms with Gasteiger partial charge in [0.1, 0.15) is 17.6 Å². The van der Waals surface area contributed by atoms with Gasteiger partial charge < -0.3 is 24.5 Å². The lowest BCUT2D eigenvalue weighted by Crippen LogP contribution is -2.39. The summed E-state index contributed by atoms with van der Waals surface area (Å²) < 4.78 is 10.6. The highest BCUT2D eigenvalue weighted by Crippen LogP contribution is 2.30. The van der Waals surface area contributed by atoms with Crippen LogP contribution in [0.5, 0.6) is 5.75 Å². The Hall–Kier alpha value is -2.47. The molecule has 1 saturated heterocycles. The van der Waals surface area contributed by atoms with Crippen LogP contribution in [-0.4, -0.2) is 35.7 Å². The van der Waals surface area contributed by atoms with Gasteiger partial charge in [-0.3, -0.25) is 0 Å². The van der Waals surface area contributed by atoms with E-state index >= 15 is 0 Å². The lowest BCUT2D eigenvalue weighted by molar-refractivity contribution is 0.110. The number of urea groups is 1. The lowest BCUT2D eigenvalue weighted by Gasteiger charge is -2.26. The van der Waals surface area contributed by atoms with Gasteiger partial charge in [-0.15, -0.1) is 0 Å². The zero-order valence-corrected chi connectivity index (χ0v) is 14.6. The van der Waals surface area contributed by atoms with E-state index in [2.05, 4.69) is 5.32 Å². The van der Waals surface area contributed by atoms with Crippen molar-refractivity contribution >= 4 is 11.7 Å². The molecular weight excluding hydrogens is 320 g/mol. The number of carbonyl (C=O) groups is 1. The minimum atomic E-state index is -0.706. The van der Waals surface area contributed by atoms with Crippen LogP contribution in [0.25, 0.3) is 0 Å². The number of hydrogen-bond donors (Lipinski definition) is 2. The number of ether oxygens (including phenoxy) is 1. The number of furan rings is 1. The van der Waals surface area contributed by atoms with Gasteiger partial charge in [-0.2, -0.15) is 0 Å². The first-order chi connectivity index (χ1) is 12.1. The first kappa shape index (κ1) is 17.4. The summed E-state index contributed by atoms with van der Waals surface area (Å²) in [6, 6.07) is 8.97. The number of methoxy groups -OCH3 is 1. The molecule has 2 unspecified atom stereocenters. The second kappa shape index (κ2) is 7.61. The van der Waals surface area contributed by atoms with Gasteiger partial charge in [0.25, 0.3) is 0 Å². The third-order valence-electron chi connectivity index (χ3n) is 4.60. The molecule has 0 radical (unpaired) electrons. The summed E-state index contributed by atoms with van der Waals surface area (Å²) in [5.74, 6) is 1.17. The highest BCUT2D eigenvalue weighted by atomic mass is 16.5. The summed E-state index contributed by atoms with van der Waals surface area (Å²) in [5.41, 5.74) is 1.71. The van der Waals surface area contributed by atoms with Crippen LogP contribution in [-0.2, 0) is 0 Å². The van der Waals surface area contributed by atoms with Crippen molar-refractivity contribution in [3.8, 4) is 5.75 Å². The minimum absolute atomic E-state index is 0.0171. The number of benzene rings is 1. The Morgan fingerprint density at radius 2 is 2.32 bits per heavy atom. The maximum atomic E-state index is 12.7. The van der Waals surface area contributed by atoms with Crippen molar-refractivity contribution in [1.29, 1.82) is 0 Å². The molecule has 0 saturated carbocycles. The molecule has 134 valence electrons. The first-order valence-corrected chi connectivity index (χ1v) is 8.52. The fraction of sp³-hybridized carbons (Fsp3) is 0.421. The number of aliphatic hydroxyl groups is 1. The van der Waals surface area contributed by atoms with Crippen LogP contribution in [0.3, 0.4) is 0 Å². The lowest BCUT2D eigenvalue weighted by atomic mass is 10.1. The van der Waals surface area contributed by atoms with Gasteiger partial charge in [0, 0.05) is 19.0 Å². The molecule has 25 heavy (non-hydrogen) atoms. The largest absolute Gasteiger partial charge is 0.495 e. The Labute approximate surface area is 147 Å². The standard InChI is InChI=1S/C19H24N2O4/c1-13-7-8-15(18(11-13)24-2)20-19(23)21-9-3-5-14(21)12-16(22)17-6-4-10-25-17/h4,6-8,10-11,14,16,22H,3,5,9,12H2,1-2H3,(H,20,23). The minimum Gasteiger partial charge on any atom is -0.495 e. The average molecular weight is 344 g/mol. The molecule has 2 amide bonds. The van der Waals surface area contributed by atoms with Crippen molar-refractivity contribution in [3.63, 3.8) is 0 Å². The number of rotatable bonds is 5.